The summed E-state index contributed by atoms with van der Waals surface area (Å²) in [6.07, 6.45) is -0.0293. The fourth-order valence-electron chi connectivity index (χ4n) is 2.57. The number of ether oxygens (including phenoxy) is 2. The van der Waals surface area contributed by atoms with Crippen LogP contribution in [0.4, 0.5) is 0 Å². The molecule has 0 radical (unpaired) electrons. The molecule has 0 saturated carbocycles. The molecule has 1 aliphatic rings. The summed E-state index contributed by atoms with van der Waals surface area (Å²) in [7, 11) is 0. The molecule has 1 aromatic carbocycles. The molecule has 0 spiro atoms. The maximum atomic E-state index is 12.2. The first-order valence-corrected chi connectivity index (χ1v) is 8.23. The molecule has 1 amide bonds. The van der Waals surface area contributed by atoms with Crippen LogP contribution in [0.1, 0.15) is 25.3 Å². The number of benzene rings is 1. The van der Waals surface area contributed by atoms with E-state index in [9.17, 15) is 14.7 Å². The minimum Gasteiger partial charge on any atom is -0.481 e. The van der Waals surface area contributed by atoms with Crippen LogP contribution in [-0.2, 0) is 14.3 Å². The maximum absolute atomic E-state index is 12.2. The van der Waals surface area contributed by atoms with Crippen molar-refractivity contribution in [3.63, 3.8) is 0 Å². The molecule has 1 unspecified atom stereocenters. The van der Waals surface area contributed by atoms with Gasteiger partial charge in [0.2, 0.25) is 0 Å². The predicted molar refractivity (Wildman–Crippen MR) is 89.4 cm³/mol. The van der Waals surface area contributed by atoms with Crippen molar-refractivity contribution in [3.8, 4) is 5.75 Å². The van der Waals surface area contributed by atoms with Crippen LogP contribution < -0.4 is 10.1 Å². The van der Waals surface area contributed by atoms with Gasteiger partial charge in [-0.25, -0.2) is 0 Å². The van der Waals surface area contributed by atoms with Gasteiger partial charge in [0.15, 0.2) is 6.10 Å². The van der Waals surface area contributed by atoms with Gasteiger partial charge in [-0.3, -0.25) is 9.59 Å². The van der Waals surface area contributed by atoms with E-state index in [-0.39, 0.29) is 12.5 Å². The molecular weight excluding hydrogens is 334 g/mol. The summed E-state index contributed by atoms with van der Waals surface area (Å²) in [6.45, 7) is 4.32. The number of carboxylic acids is 1. The number of nitrogens with one attached hydrogen (secondary N) is 1. The van der Waals surface area contributed by atoms with E-state index in [2.05, 4.69) is 5.32 Å². The number of aryl methyl sites for hydroxylation is 1. The number of hydrogen-bond donors (Lipinski definition) is 2. The van der Waals surface area contributed by atoms with Crippen LogP contribution in [-0.4, -0.2) is 42.8 Å². The van der Waals surface area contributed by atoms with E-state index in [4.69, 9.17) is 21.1 Å². The van der Waals surface area contributed by atoms with Crippen LogP contribution in [0.5, 0.6) is 5.75 Å². The SMILES string of the molecule is Cc1ccc(Cl)c(OC(C)C(=O)NCC2(C(=O)O)CCOCC2)c1. The van der Waals surface area contributed by atoms with E-state index < -0.39 is 17.5 Å². The van der Waals surface area contributed by atoms with Crippen LogP contribution in [0.2, 0.25) is 5.02 Å². The minimum atomic E-state index is -0.978. The lowest BCUT2D eigenvalue weighted by Gasteiger charge is -2.33. The molecule has 0 aromatic heterocycles. The van der Waals surface area contributed by atoms with Crippen LogP contribution in [0.3, 0.4) is 0 Å². The second kappa shape index (κ2) is 7.85. The van der Waals surface area contributed by atoms with Crippen molar-refractivity contribution in [2.75, 3.05) is 19.8 Å². The molecule has 2 rings (SSSR count). The Labute approximate surface area is 146 Å². The van der Waals surface area contributed by atoms with Gasteiger partial charge in [-0.2, -0.15) is 0 Å². The zero-order valence-electron chi connectivity index (χ0n) is 13.8. The van der Waals surface area contributed by atoms with Gasteiger partial charge < -0.3 is 19.9 Å². The first kappa shape index (κ1) is 18.5. The Morgan fingerprint density at radius 2 is 2.08 bits per heavy atom. The monoisotopic (exact) mass is 355 g/mol. The highest BCUT2D eigenvalue weighted by atomic mass is 35.5. The lowest BCUT2D eigenvalue weighted by atomic mass is 9.80. The molecule has 24 heavy (non-hydrogen) atoms. The van der Waals surface area contributed by atoms with Crippen molar-refractivity contribution >= 4 is 23.5 Å². The van der Waals surface area contributed by atoms with E-state index in [1.54, 1.807) is 19.1 Å². The topological polar surface area (TPSA) is 84.9 Å². The van der Waals surface area contributed by atoms with Crippen molar-refractivity contribution < 1.29 is 24.2 Å². The molecule has 6 nitrogen and oxygen atoms in total. The van der Waals surface area contributed by atoms with Crippen LogP contribution >= 0.6 is 11.6 Å². The number of halogens is 1. The van der Waals surface area contributed by atoms with Crippen LogP contribution in [0.15, 0.2) is 18.2 Å². The Bertz CT molecular complexity index is 613. The van der Waals surface area contributed by atoms with Crippen molar-refractivity contribution in [2.45, 2.75) is 32.8 Å². The smallest absolute Gasteiger partial charge is 0.311 e. The Balaban J connectivity index is 1.96. The lowest BCUT2D eigenvalue weighted by Crippen LogP contribution is -2.48. The molecule has 7 heteroatoms. The molecule has 1 fully saturated rings. The number of hydrogen-bond acceptors (Lipinski definition) is 4. The fraction of sp³-hybridized carbons (Fsp3) is 0.529. The summed E-state index contributed by atoms with van der Waals surface area (Å²) in [5, 5.41) is 12.6. The number of amides is 1. The van der Waals surface area contributed by atoms with Crippen LogP contribution in [0.25, 0.3) is 0 Å². The van der Waals surface area contributed by atoms with Gasteiger partial charge in [0.1, 0.15) is 5.75 Å². The molecule has 1 aliphatic heterocycles. The van der Waals surface area contributed by atoms with E-state index in [1.165, 1.54) is 0 Å². The van der Waals surface area contributed by atoms with Gasteiger partial charge in [0.25, 0.3) is 5.91 Å². The second-order valence-corrected chi connectivity index (χ2v) is 6.52. The largest absolute Gasteiger partial charge is 0.481 e. The lowest BCUT2D eigenvalue weighted by molar-refractivity contribution is -0.155. The van der Waals surface area contributed by atoms with Crippen molar-refractivity contribution in [1.29, 1.82) is 0 Å². The molecular formula is C17H22ClNO5. The second-order valence-electron chi connectivity index (χ2n) is 6.11. The van der Waals surface area contributed by atoms with Gasteiger partial charge in [-0.1, -0.05) is 17.7 Å². The minimum absolute atomic E-state index is 0.0553. The standard InChI is InChI=1S/C17H22ClNO5/c1-11-3-4-13(18)14(9-11)24-12(2)15(20)19-10-17(16(21)22)5-7-23-8-6-17/h3-4,9,12H,5-8,10H2,1-2H3,(H,19,20)(H,21,22). The third-order valence-electron chi connectivity index (χ3n) is 4.26. The third-order valence-corrected chi connectivity index (χ3v) is 4.58. The molecule has 1 aromatic rings. The summed E-state index contributed by atoms with van der Waals surface area (Å²) in [5.74, 6) is -0.862. The van der Waals surface area contributed by atoms with Crippen molar-refractivity contribution in [3.05, 3.63) is 28.8 Å². The highest BCUT2D eigenvalue weighted by Crippen LogP contribution is 2.30. The van der Waals surface area contributed by atoms with E-state index >= 15 is 0 Å². The zero-order valence-corrected chi connectivity index (χ0v) is 14.6. The molecule has 1 saturated heterocycles. The van der Waals surface area contributed by atoms with E-state index in [0.29, 0.717) is 36.8 Å². The molecule has 0 bridgehead atoms. The van der Waals surface area contributed by atoms with Gasteiger partial charge >= 0.3 is 5.97 Å². The number of carboxylic acid groups (broad SMARTS) is 1. The first-order chi connectivity index (χ1) is 11.3. The number of carbonyl (C=O) groups excluding carboxylic acids is 1. The zero-order chi connectivity index (χ0) is 17.7. The summed E-state index contributed by atoms with van der Waals surface area (Å²) >= 11 is 6.06. The van der Waals surface area contributed by atoms with Crippen molar-refractivity contribution in [1.82, 2.24) is 5.32 Å². The maximum Gasteiger partial charge on any atom is 0.311 e. The van der Waals surface area contributed by atoms with Crippen molar-refractivity contribution in [2.24, 2.45) is 5.41 Å². The fourth-order valence-corrected chi connectivity index (χ4v) is 2.74. The average molecular weight is 356 g/mol. The van der Waals surface area contributed by atoms with Crippen LogP contribution in [0, 0.1) is 12.3 Å². The van der Waals surface area contributed by atoms with E-state index in [1.807, 2.05) is 13.0 Å². The Morgan fingerprint density at radius 1 is 1.42 bits per heavy atom. The quantitative estimate of drug-likeness (QED) is 0.818. The molecule has 2 N–H and O–H groups in total. The predicted octanol–water partition coefficient (Wildman–Crippen LogP) is 2.41. The average Bonchev–Trinajstić information content (AvgIpc) is 2.56. The Hall–Kier alpha value is -1.79. The summed E-state index contributed by atoms with van der Waals surface area (Å²) in [6, 6.07) is 5.31. The van der Waals surface area contributed by atoms with Gasteiger partial charge in [0.05, 0.1) is 10.4 Å². The van der Waals surface area contributed by atoms with E-state index in [0.717, 1.165) is 5.56 Å². The first-order valence-electron chi connectivity index (χ1n) is 7.86. The number of rotatable bonds is 6. The third kappa shape index (κ3) is 4.39. The Morgan fingerprint density at radius 3 is 2.71 bits per heavy atom. The molecule has 0 aliphatic carbocycles. The summed E-state index contributed by atoms with van der Waals surface area (Å²) < 4.78 is 10.8. The van der Waals surface area contributed by atoms with Gasteiger partial charge in [0, 0.05) is 19.8 Å². The van der Waals surface area contributed by atoms with Gasteiger partial charge in [-0.05, 0) is 44.4 Å². The molecule has 1 atom stereocenters. The number of aliphatic carboxylic acids is 1. The number of carbonyl (C=O) groups is 2. The summed E-state index contributed by atoms with van der Waals surface area (Å²) in [5.41, 5.74) is -0.0109. The Kier molecular flexibility index (Phi) is 6.07. The van der Waals surface area contributed by atoms with Gasteiger partial charge in [-0.15, -0.1) is 0 Å². The highest BCUT2D eigenvalue weighted by molar-refractivity contribution is 6.32. The molecule has 132 valence electrons. The normalized spacial score (nSPS) is 17.8. The highest BCUT2D eigenvalue weighted by Gasteiger charge is 2.40. The molecule has 1 heterocycles. The summed E-state index contributed by atoms with van der Waals surface area (Å²) in [4.78, 5) is 23.8.